The van der Waals surface area contributed by atoms with Crippen LogP contribution < -0.4 is 5.32 Å². The number of hydrogen-bond donors (Lipinski definition) is 1. The zero-order valence-corrected chi connectivity index (χ0v) is 15.3. The summed E-state index contributed by atoms with van der Waals surface area (Å²) in [6, 6.07) is 7.49. The Morgan fingerprint density at radius 1 is 1.15 bits per heavy atom. The second-order valence-electron chi connectivity index (χ2n) is 6.71. The lowest BCUT2D eigenvalue weighted by molar-refractivity contribution is -0.112. The second kappa shape index (κ2) is 6.42. The minimum absolute atomic E-state index is 0.343. The number of nitrogens with zero attached hydrogens (tertiary/aromatic N) is 6. The van der Waals surface area contributed by atoms with Gasteiger partial charge in [-0.15, -0.1) is 5.10 Å². The molecule has 2 heterocycles. The maximum Gasteiger partial charge on any atom is 0.296 e. The Morgan fingerprint density at radius 2 is 1.85 bits per heavy atom. The monoisotopic (exact) mass is 365 g/mol. The molecule has 0 unspecified atom stereocenters. The van der Waals surface area contributed by atoms with Crippen LogP contribution in [0.25, 0.3) is 11.4 Å². The molecule has 1 aliphatic carbocycles. The van der Waals surface area contributed by atoms with E-state index in [1.165, 1.54) is 0 Å². The maximum atomic E-state index is 12.5. The fourth-order valence-corrected chi connectivity index (χ4v) is 3.05. The Kier molecular flexibility index (Phi) is 4.06. The van der Waals surface area contributed by atoms with E-state index in [2.05, 4.69) is 25.9 Å². The van der Waals surface area contributed by atoms with Crippen LogP contribution in [0.15, 0.2) is 24.3 Å². The molecule has 0 aliphatic heterocycles. The summed E-state index contributed by atoms with van der Waals surface area (Å²) in [6.07, 6.45) is 2.17. The normalized spacial score (nSPS) is 13.6. The van der Waals surface area contributed by atoms with Crippen LogP contribution >= 0.6 is 0 Å². The second-order valence-corrected chi connectivity index (χ2v) is 6.71. The van der Waals surface area contributed by atoms with Gasteiger partial charge in [-0.3, -0.25) is 14.3 Å². The largest absolute Gasteiger partial charge is 0.319 e. The standard InChI is InChI=1S/C18H19N7O2/c1-10-15(11(2)24(3)21-10)16(26)18(27)19-13-6-4-12(5-7-13)17-20-22-23-25(17)14-8-9-14/h4-7,14H,8-9H2,1-3H3,(H,19,27). The van der Waals surface area contributed by atoms with Crippen LogP contribution in [0.1, 0.15) is 40.6 Å². The number of ketones is 1. The van der Waals surface area contributed by atoms with Crippen LogP contribution in [0.5, 0.6) is 0 Å². The minimum Gasteiger partial charge on any atom is -0.319 e. The zero-order valence-electron chi connectivity index (χ0n) is 15.3. The Labute approximate surface area is 155 Å². The van der Waals surface area contributed by atoms with Gasteiger partial charge in [0, 0.05) is 24.0 Å². The number of hydrogen-bond acceptors (Lipinski definition) is 6. The van der Waals surface area contributed by atoms with Crippen molar-refractivity contribution in [3.8, 4) is 11.4 Å². The van der Waals surface area contributed by atoms with Crippen molar-refractivity contribution in [2.45, 2.75) is 32.7 Å². The molecular formula is C18H19N7O2. The highest BCUT2D eigenvalue weighted by atomic mass is 16.2. The lowest BCUT2D eigenvalue weighted by Gasteiger charge is -2.07. The number of Topliss-reactive ketones (excluding diaryl/α,β-unsaturated/α-hetero) is 1. The van der Waals surface area contributed by atoms with Crippen molar-refractivity contribution >= 4 is 17.4 Å². The van der Waals surface area contributed by atoms with Gasteiger partial charge in [-0.1, -0.05) is 0 Å². The Hall–Kier alpha value is -3.36. The van der Waals surface area contributed by atoms with Crippen molar-refractivity contribution in [1.82, 2.24) is 30.0 Å². The summed E-state index contributed by atoms with van der Waals surface area (Å²) in [7, 11) is 1.74. The van der Waals surface area contributed by atoms with Crippen molar-refractivity contribution in [3.05, 3.63) is 41.2 Å². The third-order valence-corrected chi connectivity index (χ3v) is 4.73. The van der Waals surface area contributed by atoms with E-state index in [9.17, 15) is 9.59 Å². The fraction of sp³-hybridized carbons (Fsp3) is 0.333. The SMILES string of the molecule is Cc1nn(C)c(C)c1C(=O)C(=O)Nc1ccc(-c2nnnn2C2CC2)cc1. The lowest BCUT2D eigenvalue weighted by Crippen LogP contribution is -2.24. The third kappa shape index (κ3) is 3.12. The Bertz CT molecular complexity index is 1030. The van der Waals surface area contributed by atoms with E-state index in [0.717, 1.165) is 18.4 Å². The van der Waals surface area contributed by atoms with E-state index >= 15 is 0 Å². The predicted octanol–water partition coefficient (Wildman–Crippen LogP) is 1.85. The molecule has 1 N–H and O–H groups in total. The zero-order chi connectivity index (χ0) is 19.1. The quantitative estimate of drug-likeness (QED) is 0.546. The van der Waals surface area contributed by atoms with Gasteiger partial charge >= 0.3 is 0 Å². The van der Waals surface area contributed by atoms with Crippen molar-refractivity contribution in [3.63, 3.8) is 0 Å². The smallest absolute Gasteiger partial charge is 0.296 e. The van der Waals surface area contributed by atoms with Crippen molar-refractivity contribution in [1.29, 1.82) is 0 Å². The fourth-order valence-electron chi connectivity index (χ4n) is 3.05. The van der Waals surface area contributed by atoms with Crippen molar-refractivity contribution < 1.29 is 9.59 Å². The number of tetrazole rings is 1. The molecule has 1 aromatic carbocycles. The van der Waals surface area contributed by atoms with Crippen LogP contribution in [0.2, 0.25) is 0 Å². The van der Waals surface area contributed by atoms with E-state index in [-0.39, 0.29) is 0 Å². The van der Waals surface area contributed by atoms with Crippen LogP contribution in [0.3, 0.4) is 0 Å². The first-order valence-corrected chi connectivity index (χ1v) is 8.70. The topological polar surface area (TPSA) is 108 Å². The molecule has 3 aromatic rings. The highest BCUT2D eigenvalue weighted by molar-refractivity contribution is 6.47. The molecule has 1 amide bonds. The summed E-state index contributed by atoms with van der Waals surface area (Å²) < 4.78 is 3.42. The summed E-state index contributed by atoms with van der Waals surface area (Å²) in [6.45, 7) is 3.48. The van der Waals surface area contributed by atoms with Gasteiger partial charge in [0.1, 0.15) is 0 Å². The van der Waals surface area contributed by atoms with Gasteiger partial charge in [0.05, 0.1) is 17.3 Å². The average Bonchev–Trinajstić information content (AvgIpc) is 3.32. The number of carbonyl (C=O) groups is 2. The number of rotatable bonds is 5. The van der Waals surface area contributed by atoms with Gasteiger partial charge in [0.15, 0.2) is 5.82 Å². The van der Waals surface area contributed by atoms with Crippen LogP contribution in [0, 0.1) is 13.8 Å². The van der Waals surface area contributed by atoms with Crippen molar-refractivity contribution in [2.75, 3.05) is 5.32 Å². The molecular weight excluding hydrogens is 346 g/mol. The van der Waals surface area contributed by atoms with Crippen LogP contribution in [0.4, 0.5) is 5.69 Å². The molecule has 0 saturated heterocycles. The molecule has 1 saturated carbocycles. The van der Waals surface area contributed by atoms with Gasteiger partial charge in [0.2, 0.25) is 0 Å². The average molecular weight is 365 g/mol. The first-order valence-electron chi connectivity index (χ1n) is 8.70. The first-order chi connectivity index (χ1) is 13.0. The molecule has 0 bridgehead atoms. The van der Waals surface area contributed by atoms with Gasteiger partial charge in [-0.2, -0.15) is 5.10 Å². The number of aryl methyl sites for hydroxylation is 2. The number of nitrogens with one attached hydrogen (secondary N) is 1. The molecule has 4 rings (SSSR count). The molecule has 9 nitrogen and oxygen atoms in total. The van der Waals surface area contributed by atoms with Gasteiger partial charge in [-0.25, -0.2) is 4.68 Å². The summed E-state index contributed by atoms with van der Waals surface area (Å²) in [5, 5.41) is 18.7. The van der Waals surface area contributed by atoms with E-state index in [4.69, 9.17) is 0 Å². The molecule has 1 aliphatic rings. The molecule has 0 atom stereocenters. The van der Waals surface area contributed by atoms with E-state index in [1.54, 1.807) is 37.7 Å². The van der Waals surface area contributed by atoms with Crippen LogP contribution in [-0.4, -0.2) is 41.7 Å². The summed E-state index contributed by atoms with van der Waals surface area (Å²) in [5.41, 5.74) is 2.93. The molecule has 2 aromatic heterocycles. The van der Waals surface area contributed by atoms with Gasteiger partial charge in [-0.05, 0) is 61.4 Å². The molecule has 0 radical (unpaired) electrons. The first kappa shape index (κ1) is 17.1. The highest BCUT2D eigenvalue weighted by Crippen LogP contribution is 2.36. The van der Waals surface area contributed by atoms with E-state index in [0.29, 0.717) is 34.5 Å². The highest BCUT2D eigenvalue weighted by Gasteiger charge is 2.28. The number of aromatic nitrogens is 6. The summed E-state index contributed by atoms with van der Waals surface area (Å²) in [5.74, 6) is -0.585. The molecule has 27 heavy (non-hydrogen) atoms. The molecule has 1 fully saturated rings. The third-order valence-electron chi connectivity index (χ3n) is 4.73. The molecule has 138 valence electrons. The van der Waals surface area contributed by atoms with Crippen LogP contribution in [-0.2, 0) is 11.8 Å². The summed E-state index contributed by atoms with van der Waals surface area (Å²) in [4.78, 5) is 24.8. The Morgan fingerprint density at radius 3 is 2.44 bits per heavy atom. The number of anilines is 1. The predicted molar refractivity (Wildman–Crippen MR) is 97.2 cm³/mol. The lowest BCUT2D eigenvalue weighted by atomic mass is 10.1. The van der Waals surface area contributed by atoms with Crippen molar-refractivity contribution in [2.24, 2.45) is 7.05 Å². The van der Waals surface area contributed by atoms with Gasteiger partial charge < -0.3 is 5.32 Å². The molecule has 0 spiro atoms. The van der Waals surface area contributed by atoms with E-state index in [1.807, 2.05) is 16.8 Å². The van der Waals surface area contributed by atoms with E-state index < -0.39 is 11.7 Å². The summed E-state index contributed by atoms with van der Waals surface area (Å²) >= 11 is 0. The maximum absolute atomic E-state index is 12.5. The minimum atomic E-state index is -0.690. The number of amides is 1. The Balaban J connectivity index is 1.50. The van der Waals surface area contributed by atoms with Gasteiger partial charge in [0.25, 0.3) is 11.7 Å². The molecule has 9 heteroatoms. The number of benzene rings is 1. The number of carbonyl (C=O) groups excluding carboxylic acids is 2.